The van der Waals surface area contributed by atoms with Crippen LogP contribution in [0, 0.1) is 0 Å². The number of nitrogens with zero attached hydrogens (tertiary/aromatic N) is 1. The van der Waals surface area contributed by atoms with Gasteiger partial charge in [-0.05, 0) is 12.0 Å². The number of anilines is 1. The van der Waals surface area contributed by atoms with Gasteiger partial charge in [0.1, 0.15) is 5.82 Å². The molecule has 3 N–H and O–H groups in total. The molecule has 0 saturated heterocycles. The van der Waals surface area contributed by atoms with Gasteiger partial charge in [0.25, 0.3) is 5.56 Å². The van der Waals surface area contributed by atoms with Crippen molar-refractivity contribution in [1.82, 2.24) is 9.55 Å². The number of rotatable bonds is 2. The zero-order valence-electron chi connectivity index (χ0n) is 9.67. The van der Waals surface area contributed by atoms with Gasteiger partial charge in [-0.15, -0.1) is 0 Å². The summed E-state index contributed by atoms with van der Waals surface area (Å²) in [4.78, 5) is 25.1. The zero-order chi connectivity index (χ0) is 12.7. The molecule has 1 aromatic carbocycles. The van der Waals surface area contributed by atoms with Gasteiger partial charge < -0.3 is 5.73 Å². The van der Waals surface area contributed by atoms with E-state index in [0.29, 0.717) is 5.92 Å². The first-order chi connectivity index (χ1) is 8.66. The van der Waals surface area contributed by atoms with Gasteiger partial charge in [-0.1, -0.05) is 30.3 Å². The lowest BCUT2D eigenvalue weighted by atomic mass is 10.1. The van der Waals surface area contributed by atoms with Gasteiger partial charge in [-0.2, -0.15) is 0 Å². The fourth-order valence-electron chi connectivity index (χ4n) is 2.39. The van der Waals surface area contributed by atoms with Crippen LogP contribution in [0.25, 0.3) is 0 Å². The molecule has 1 aliphatic rings. The van der Waals surface area contributed by atoms with Crippen molar-refractivity contribution in [3.05, 3.63) is 62.8 Å². The van der Waals surface area contributed by atoms with E-state index in [1.54, 1.807) is 0 Å². The third kappa shape index (κ3) is 1.73. The van der Waals surface area contributed by atoms with Crippen LogP contribution in [0.2, 0.25) is 0 Å². The molecule has 92 valence electrons. The highest BCUT2D eigenvalue weighted by atomic mass is 16.2. The summed E-state index contributed by atoms with van der Waals surface area (Å²) >= 11 is 0. The Hall–Kier alpha value is -2.30. The number of H-pyrrole nitrogens is 1. The molecule has 1 fully saturated rings. The minimum Gasteiger partial charge on any atom is -0.385 e. The van der Waals surface area contributed by atoms with E-state index in [0.717, 1.165) is 6.42 Å². The first-order valence-corrected chi connectivity index (χ1v) is 5.83. The van der Waals surface area contributed by atoms with Crippen LogP contribution in [-0.4, -0.2) is 9.55 Å². The minimum absolute atomic E-state index is 0.0525. The normalized spacial score (nSPS) is 21.8. The number of nitrogens with two attached hydrogens (primary N) is 1. The van der Waals surface area contributed by atoms with E-state index in [-0.39, 0.29) is 11.9 Å². The maximum Gasteiger partial charge on any atom is 0.330 e. The summed E-state index contributed by atoms with van der Waals surface area (Å²) in [6, 6.07) is 11.3. The van der Waals surface area contributed by atoms with Crippen LogP contribution in [0.4, 0.5) is 5.82 Å². The predicted molar refractivity (Wildman–Crippen MR) is 68.6 cm³/mol. The molecule has 0 radical (unpaired) electrons. The maximum absolute atomic E-state index is 11.7. The quantitative estimate of drug-likeness (QED) is 0.820. The number of aromatic nitrogens is 2. The summed E-state index contributed by atoms with van der Waals surface area (Å²) in [5, 5.41) is 0. The number of hydrogen-bond acceptors (Lipinski definition) is 3. The van der Waals surface area contributed by atoms with Crippen molar-refractivity contribution in [2.24, 2.45) is 0 Å². The minimum atomic E-state index is -0.453. The van der Waals surface area contributed by atoms with Crippen molar-refractivity contribution in [3.8, 4) is 0 Å². The fraction of sp³-hybridized carbons (Fsp3) is 0.231. The van der Waals surface area contributed by atoms with Crippen molar-refractivity contribution >= 4 is 5.82 Å². The molecule has 1 heterocycles. The summed E-state index contributed by atoms with van der Waals surface area (Å²) in [5.41, 5.74) is 6.06. The van der Waals surface area contributed by atoms with Gasteiger partial charge in [0.2, 0.25) is 0 Å². The third-order valence-electron chi connectivity index (χ3n) is 3.32. The van der Waals surface area contributed by atoms with Crippen molar-refractivity contribution in [2.75, 3.05) is 5.73 Å². The Balaban J connectivity index is 1.96. The molecule has 0 aliphatic heterocycles. The Kier molecular flexibility index (Phi) is 2.33. The number of nitrogens with one attached hydrogen (secondary N) is 1. The Bertz CT molecular complexity index is 687. The maximum atomic E-state index is 11.7. The highest BCUT2D eigenvalue weighted by Crippen LogP contribution is 2.51. The monoisotopic (exact) mass is 243 g/mol. The Labute approximate surface area is 103 Å². The van der Waals surface area contributed by atoms with Crippen LogP contribution in [0.5, 0.6) is 0 Å². The van der Waals surface area contributed by atoms with Crippen LogP contribution in [0.1, 0.15) is 23.9 Å². The van der Waals surface area contributed by atoms with E-state index < -0.39 is 11.2 Å². The molecule has 5 heteroatoms. The van der Waals surface area contributed by atoms with E-state index in [1.165, 1.54) is 16.2 Å². The molecule has 1 aromatic heterocycles. The Morgan fingerprint density at radius 1 is 1.22 bits per heavy atom. The average Bonchev–Trinajstić information content (AvgIpc) is 3.09. The molecule has 3 rings (SSSR count). The summed E-state index contributed by atoms with van der Waals surface area (Å²) in [7, 11) is 0. The third-order valence-corrected chi connectivity index (χ3v) is 3.32. The van der Waals surface area contributed by atoms with Gasteiger partial charge in [0.15, 0.2) is 0 Å². The first kappa shape index (κ1) is 10.8. The fourth-order valence-corrected chi connectivity index (χ4v) is 2.39. The number of nitrogen functional groups attached to an aromatic ring is 1. The lowest BCUT2D eigenvalue weighted by Crippen LogP contribution is -2.31. The highest BCUT2D eigenvalue weighted by Gasteiger charge is 2.41. The highest BCUT2D eigenvalue weighted by molar-refractivity contribution is 5.33. The van der Waals surface area contributed by atoms with Gasteiger partial charge >= 0.3 is 5.69 Å². The number of aromatic amines is 1. The molecule has 2 atom stereocenters. The average molecular weight is 243 g/mol. The second kappa shape index (κ2) is 3.87. The molecule has 1 aliphatic carbocycles. The molecular weight excluding hydrogens is 230 g/mol. The summed E-state index contributed by atoms with van der Waals surface area (Å²) in [6.07, 6.45) is 0.875. The van der Waals surface area contributed by atoms with Crippen LogP contribution < -0.4 is 17.0 Å². The summed E-state index contributed by atoms with van der Waals surface area (Å²) < 4.78 is 1.47. The standard InChI is InChI=1S/C13H13N3O2/c14-11-7-12(17)15-13(18)16(11)10-6-9(10)8-4-2-1-3-5-8/h1-5,7,9-10H,6,14H2,(H,15,17,18). The molecule has 2 unspecified atom stereocenters. The van der Waals surface area contributed by atoms with Crippen LogP contribution in [0.3, 0.4) is 0 Å². The molecule has 1 saturated carbocycles. The smallest absolute Gasteiger partial charge is 0.330 e. The van der Waals surface area contributed by atoms with Crippen LogP contribution >= 0.6 is 0 Å². The van der Waals surface area contributed by atoms with Gasteiger partial charge in [-0.3, -0.25) is 14.3 Å². The van der Waals surface area contributed by atoms with Gasteiger partial charge in [0, 0.05) is 18.0 Å². The largest absolute Gasteiger partial charge is 0.385 e. The molecule has 5 nitrogen and oxygen atoms in total. The summed E-state index contributed by atoms with van der Waals surface area (Å²) in [6.45, 7) is 0. The lowest BCUT2D eigenvalue weighted by Gasteiger charge is -2.07. The Morgan fingerprint density at radius 2 is 1.94 bits per heavy atom. The lowest BCUT2D eigenvalue weighted by molar-refractivity contribution is 0.669. The van der Waals surface area contributed by atoms with Crippen LogP contribution in [0.15, 0.2) is 46.0 Å². The van der Waals surface area contributed by atoms with E-state index in [9.17, 15) is 9.59 Å². The zero-order valence-corrected chi connectivity index (χ0v) is 9.67. The molecule has 0 bridgehead atoms. The second-order valence-electron chi connectivity index (χ2n) is 4.55. The number of hydrogen-bond donors (Lipinski definition) is 2. The van der Waals surface area contributed by atoms with Crippen molar-refractivity contribution in [1.29, 1.82) is 0 Å². The first-order valence-electron chi connectivity index (χ1n) is 5.83. The SMILES string of the molecule is Nc1cc(=O)[nH]c(=O)n1C1CC1c1ccccc1. The van der Waals surface area contributed by atoms with Gasteiger partial charge in [0.05, 0.1) is 0 Å². The van der Waals surface area contributed by atoms with Crippen LogP contribution in [-0.2, 0) is 0 Å². The second-order valence-corrected chi connectivity index (χ2v) is 4.55. The van der Waals surface area contributed by atoms with E-state index in [2.05, 4.69) is 4.98 Å². The van der Waals surface area contributed by atoms with Gasteiger partial charge in [-0.25, -0.2) is 4.79 Å². The molecule has 18 heavy (non-hydrogen) atoms. The van der Waals surface area contributed by atoms with E-state index in [1.807, 2.05) is 30.3 Å². The van der Waals surface area contributed by atoms with E-state index >= 15 is 0 Å². The van der Waals surface area contributed by atoms with Crippen molar-refractivity contribution in [2.45, 2.75) is 18.4 Å². The molecular formula is C13H13N3O2. The predicted octanol–water partition coefficient (Wildman–Crippen LogP) is 0.847. The number of benzene rings is 1. The van der Waals surface area contributed by atoms with E-state index in [4.69, 9.17) is 5.73 Å². The Morgan fingerprint density at radius 3 is 2.61 bits per heavy atom. The topological polar surface area (TPSA) is 80.9 Å². The molecule has 0 amide bonds. The van der Waals surface area contributed by atoms with Crippen molar-refractivity contribution < 1.29 is 0 Å². The molecule has 0 spiro atoms. The molecule has 2 aromatic rings. The summed E-state index contributed by atoms with van der Waals surface area (Å²) in [5.74, 6) is 0.532. The van der Waals surface area contributed by atoms with Crippen molar-refractivity contribution in [3.63, 3.8) is 0 Å².